The summed E-state index contributed by atoms with van der Waals surface area (Å²) in [6.45, 7) is 3.77. The first kappa shape index (κ1) is 17.0. The summed E-state index contributed by atoms with van der Waals surface area (Å²) >= 11 is 5.84. The van der Waals surface area contributed by atoms with Gasteiger partial charge in [0.25, 0.3) is 5.91 Å². The summed E-state index contributed by atoms with van der Waals surface area (Å²) in [5, 5.41) is 3.90. The van der Waals surface area contributed by atoms with Crippen molar-refractivity contribution in [2.75, 3.05) is 6.61 Å². The lowest BCUT2D eigenvalue weighted by Gasteiger charge is -2.07. The second-order valence-corrected chi connectivity index (χ2v) is 5.37. The van der Waals surface area contributed by atoms with Crippen LogP contribution in [-0.2, 0) is 4.79 Å². The van der Waals surface area contributed by atoms with E-state index in [1.54, 1.807) is 6.07 Å². The van der Waals surface area contributed by atoms with Gasteiger partial charge < -0.3 is 4.74 Å². The molecule has 4 nitrogen and oxygen atoms in total. The van der Waals surface area contributed by atoms with Gasteiger partial charge in [0.1, 0.15) is 11.6 Å². The molecule has 6 heteroatoms. The van der Waals surface area contributed by atoms with Gasteiger partial charge in [0.15, 0.2) is 6.61 Å². The number of nitrogens with zero attached hydrogens (tertiary/aromatic N) is 1. The van der Waals surface area contributed by atoms with E-state index in [9.17, 15) is 9.18 Å². The maximum absolute atomic E-state index is 13.5. The number of amides is 1. The van der Waals surface area contributed by atoms with Crippen molar-refractivity contribution in [2.24, 2.45) is 5.10 Å². The van der Waals surface area contributed by atoms with Crippen LogP contribution in [0.25, 0.3) is 0 Å². The largest absolute Gasteiger partial charge is 0.484 e. The van der Waals surface area contributed by atoms with E-state index in [2.05, 4.69) is 10.5 Å². The molecule has 0 radical (unpaired) electrons. The lowest BCUT2D eigenvalue weighted by Crippen LogP contribution is -2.24. The molecule has 0 saturated carbocycles. The first-order valence-corrected chi connectivity index (χ1v) is 7.31. The highest BCUT2D eigenvalue weighted by Gasteiger charge is 2.05. The van der Waals surface area contributed by atoms with E-state index in [-0.39, 0.29) is 17.2 Å². The van der Waals surface area contributed by atoms with Gasteiger partial charge in [-0.05, 0) is 49.2 Å². The van der Waals surface area contributed by atoms with Crippen molar-refractivity contribution in [1.82, 2.24) is 5.43 Å². The van der Waals surface area contributed by atoms with Crippen molar-refractivity contribution < 1.29 is 13.9 Å². The maximum Gasteiger partial charge on any atom is 0.277 e. The van der Waals surface area contributed by atoms with Gasteiger partial charge in [-0.3, -0.25) is 4.79 Å². The van der Waals surface area contributed by atoms with Gasteiger partial charge in [-0.15, -0.1) is 0 Å². The fourth-order valence-electron chi connectivity index (χ4n) is 1.79. The third kappa shape index (κ3) is 4.79. The van der Waals surface area contributed by atoms with Crippen molar-refractivity contribution in [2.45, 2.75) is 13.8 Å². The van der Waals surface area contributed by atoms with Crippen LogP contribution < -0.4 is 10.2 Å². The minimum Gasteiger partial charge on any atom is -0.484 e. The molecule has 0 atom stereocenters. The molecule has 0 aliphatic heterocycles. The van der Waals surface area contributed by atoms with Crippen LogP contribution in [0.2, 0.25) is 5.02 Å². The van der Waals surface area contributed by atoms with Crippen molar-refractivity contribution >= 4 is 23.7 Å². The summed E-state index contributed by atoms with van der Waals surface area (Å²) < 4.78 is 18.9. The quantitative estimate of drug-likeness (QED) is 0.670. The summed E-state index contributed by atoms with van der Waals surface area (Å²) in [5.74, 6) is -0.363. The summed E-state index contributed by atoms with van der Waals surface area (Å²) in [7, 11) is 0. The molecular weight excluding hydrogens is 319 g/mol. The van der Waals surface area contributed by atoms with Crippen LogP contribution in [0.3, 0.4) is 0 Å². The maximum atomic E-state index is 13.5. The average Bonchev–Trinajstić information content (AvgIpc) is 2.51. The van der Waals surface area contributed by atoms with E-state index in [0.717, 1.165) is 17.3 Å². The Morgan fingerprint density at radius 3 is 2.78 bits per heavy atom. The molecule has 0 spiro atoms. The number of benzene rings is 2. The third-order valence-electron chi connectivity index (χ3n) is 3.23. The summed E-state index contributed by atoms with van der Waals surface area (Å²) in [6, 6.07) is 9.85. The topological polar surface area (TPSA) is 50.7 Å². The number of hydrazone groups is 1. The molecule has 0 heterocycles. The number of rotatable bonds is 5. The molecule has 0 aliphatic carbocycles. The van der Waals surface area contributed by atoms with Gasteiger partial charge in [0, 0.05) is 5.56 Å². The molecule has 0 bridgehead atoms. The van der Waals surface area contributed by atoms with Crippen molar-refractivity contribution in [3.63, 3.8) is 0 Å². The van der Waals surface area contributed by atoms with E-state index in [1.807, 2.05) is 26.0 Å². The van der Waals surface area contributed by atoms with E-state index >= 15 is 0 Å². The minimum atomic E-state index is -0.512. The Morgan fingerprint density at radius 1 is 1.30 bits per heavy atom. The minimum absolute atomic E-state index is 0.115. The highest BCUT2D eigenvalue weighted by molar-refractivity contribution is 6.33. The molecule has 120 valence electrons. The standard InChI is InChI=1S/C17H16ClFN2O2/c1-11-6-7-13(8-12(11)2)23-10-17(22)21-20-9-14-15(18)4-3-5-16(14)19/h3-9H,10H2,1-2H3,(H,21,22). The third-order valence-corrected chi connectivity index (χ3v) is 3.56. The SMILES string of the molecule is Cc1ccc(OCC(=O)NN=Cc2c(F)cccc2Cl)cc1C. The monoisotopic (exact) mass is 334 g/mol. The molecule has 2 rings (SSSR count). The Bertz CT molecular complexity index is 727. The second-order valence-electron chi connectivity index (χ2n) is 4.96. The van der Waals surface area contributed by atoms with E-state index in [1.165, 1.54) is 18.2 Å². The highest BCUT2D eigenvalue weighted by atomic mass is 35.5. The van der Waals surface area contributed by atoms with Crippen LogP contribution in [0, 0.1) is 19.7 Å². The molecule has 1 amide bonds. The van der Waals surface area contributed by atoms with Crippen LogP contribution in [-0.4, -0.2) is 18.7 Å². The van der Waals surface area contributed by atoms with E-state index in [0.29, 0.717) is 5.75 Å². The number of aryl methyl sites for hydroxylation is 2. The smallest absolute Gasteiger partial charge is 0.277 e. The predicted molar refractivity (Wildman–Crippen MR) is 88.6 cm³/mol. The van der Waals surface area contributed by atoms with Crippen molar-refractivity contribution in [1.29, 1.82) is 0 Å². The molecule has 23 heavy (non-hydrogen) atoms. The fourth-order valence-corrected chi connectivity index (χ4v) is 2.00. The van der Waals surface area contributed by atoms with Gasteiger partial charge in [0.2, 0.25) is 0 Å². The van der Waals surface area contributed by atoms with E-state index < -0.39 is 11.7 Å². The summed E-state index contributed by atoms with van der Waals surface area (Å²) in [6.07, 6.45) is 1.16. The summed E-state index contributed by atoms with van der Waals surface area (Å²) in [4.78, 5) is 11.7. The Balaban J connectivity index is 1.87. The Kier molecular flexibility index (Phi) is 5.71. The lowest BCUT2D eigenvalue weighted by molar-refractivity contribution is -0.123. The number of hydrogen-bond donors (Lipinski definition) is 1. The van der Waals surface area contributed by atoms with Gasteiger partial charge in [-0.25, -0.2) is 9.82 Å². The number of ether oxygens (including phenoxy) is 1. The van der Waals surface area contributed by atoms with Gasteiger partial charge in [-0.2, -0.15) is 5.10 Å². The number of hydrogen-bond acceptors (Lipinski definition) is 3. The van der Waals surface area contributed by atoms with Crippen molar-refractivity contribution in [3.05, 3.63) is 63.9 Å². The summed E-state index contributed by atoms with van der Waals surface area (Å²) in [5.41, 5.74) is 4.60. The zero-order valence-electron chi connectivity index (χ0n) is 12.8. The predicted octanol–water partition coefficient (Wildman–Crippen LogP) is 3.63. The van der Waals surface area contributed by atoms with Gasteiger partial charge >= 0.3 is 0 Å². The zero-order valence-corrected chi connectivity index (χ0v) is 13.5. The Labute approximate surface area is 138 Å². The first-order chi connectivity index (χ1) is 11.0. The zero-order chi connectivity index (χ0) is 16.8. The molecule has 2 aromatic carbocycles. The van der Waals surface area contributed by atoms with Crippen LogP contribution >= 0.6 is 11.6 Å². The Morgan fingerprint density at radius 2 is 2.09 bits per heavy atom. The van der Waals surface area contributed by atoms with E-state index in [4.69, 9.17) is 16.3 Å². The molecule has 1 N–H and O–H groups in total. The highest BCUT2D eigenvalue weighted by Crippen LogP contribution is 2.17. The Hall–Kier alpha value is -2.40. The fraction of sp³-hybridized carbons (Fsp3) is 0.176. The molecule has 0 saturated heterocycles. The van der Waals surface area contributed by atoms with Crippen LogP contribution in [0.1, 0.15) is 16.7 Å². The van der Waals surface area contributed by atoms with Crippen LogP contribution in [0.15, 0.2) is 41.5 Å². The number of carbonyl (C=O) groups excluding carboxylic acids is 1. The molecule has 0 aliphatic rings. The second kappa shape index (κ2) is 7.74. The van der Waals surface area contributed by atoms with Gasteiger partial charge in [-0.1, -0.05) is 23.7 Å². The van der Waals surface area contributed by atoms with Crippen molar-refractivity contribution in [3.8, 4) is 5.75 Å². The van der Waals surface area contributed by atoms with Crippen LogP contribution in [0.5, 0.6) is 5.75 Å². The number of nitrogens with one attached hydrogen (secondary N) is 1. The molecule has 2 aromatic rings. The average molecular weight is 335 g/mol. The molecule has 0 aromatic heterocycles. The lowest BCUT2D eigenvalue weighted by atomic mass is 10.1. The number of carbonyl (C=O) groups is 1. The molecule has 0 unspecified atom stereocenters. The molecular formula is C17H16ClFN2O2. The first-order valence-electron chi connectivity index (χ1n) is 6.93. The molecule has 0 fully saturated rings. The van der Waals surface area contributed by atoms with Gasteiger partial charge in [0.05, 0.1) is 11.2 Å². The normalized spacial score (nSPS) is 10.8. The van der Waals surface area contributed by atoms with Crippen LogP contribution in [0.4, 0.5) is 4.39 Å². The number of halogens is 2.